The number of methoxy groups -OCH3 is 3. The molecule has 0 bridgehead atoms. The molecule has 1 amide bonds. The van der Waals surface area contributed by atoms with E-state index in [0.29, 0.717) is 22.8 Å². The third kappa shape index (κ3) is 2.72. The first-order valence-corrected chi connectivity index (χ1v) is 6.33. The maximum absolute atomic E-state index is 12.3. The number of benzene rings is 1. The van der Waals surface area contributed by atoms with Crippen LogP contribution in [-0.4, -0.2) is 56.3 Å². The van der Waals surface area contributed by atoms with Crippen LogP contribution in [0.15, 0.2) is 12.1 Å². The van der Waals surface area contributed by atoms with E-state index in [1.54, 1.807) is 12.1 Å². The molecule has 0 saturated carbocycles. The summed E-state index contributed by atoms with van der Waals surface area (Å²) in [5, 5.41) is 8.84. The summed E-state index contributed by atoms with van der Waals surface area (Å²) in [6.07, 6.45) is 0. The molecule has 1 aromatic carbocycles. The van der Waals surface area contributed by atoms with Crippen LogP contribution in [0.2, 0.25) is 0 Å². The molecule has 0 unspecified atom stereocenters. The highest BCUT2D eigenvalue weighted by atomic mass is 16.5. The van der Waals surface area contributed by atoms with Gasteiger partial charge in [-0.3, -0.25) is 9.59 Å². The normalized spacial score (nSPS) is 14.3. The van der Waals surface area contributed by atoms with E-state index in [1.807, 2.05) is 0 Å². The van der Waals surface area contributed by atoms with Gasteiger partial charge in [-0.1, -0.05) is 0 Å². The Morgan fingerprint density at radius 2 is 1.62 bits per heavy atom. The molecule has 2 rings (SSSR count). The maximum atomic E-state index is 12.3. The Hall–Kier alpha value is -2.44. The van der Waals surface area contributed by atoms with Crippen molar-refractivity contribution in [3.05, 3.63) is 17.7 Å². The molecule has 0 atom stereocenters. The predicted octanol–water partition coefficient (Wildman–Crippen LogP) is 0.869. The zero-order valence-corrected chi connectivity index (χ0v) is 12.1. The molecule has 114 valence electrons. The Bertz CT molecular complexity index is 540. The van der Waals surface area contributed by atoms with Crippen LogP contribution in [0.5, 0.6) is 17.2 Å². The fourth-order valence-corrected chi connectivity index (χ4v) is 2.19. The molecule has 0 radical (unpaired) electrons. The summed E-state index contributed by atoms with van der Waals surface area (Å²) in [6.45, 7) is 0.426. The first-order chi connectivity index (χ1) is 10.0. The first kappa shape index (κ1) is 15.0. The van der Waals surface area contributed by atoms with E-state index in [4.69, 9.17) is 19.3 Å². The number of amides is 1. The van der Waals surface area contributed by atoms with Crippen molar-refractivity contribution in [2.45, 2.75) is 0 Å². The summed E-state index contributed by atoms with van der Waals surface area (Å²) in [4.78, 5) is 24.6. The van der Waals surface area contributed by atoms with E-state index in [1.165, 1.54) is 26.2 Å². The smallest absolute Gasteiger partial charge is 0.310 e. The van der Waals surface area contributed by atoms with Gasteiger partial charge in [-0.25, -0.2) is 0 Å². The van der Waals surface area contributed by atoms with Crippen LogP contribution in [0.4, 0.5) is 0 Å². The number of hydrogen-bond donors (Lipinski definition) is 1. The summed E-state index contributed by atoms with van der Waals surface area (Å²) < 4.78 is 15.6. The van der Waals surface area contributed by atoms with Crippen LogP contribution in [0, 0.1) is 5.92 Å². The lowest BCUT2D eigenvalue weighted by Gasteiger charge is -2.36. The Morgan fingerprint density at radius 3 is 2.00 bits per heavy atom. The first-order valence-electron chi connectivity index (χ1n) is 6.33. The molecule has 7 heteroatoms. The second kappa shape index (κ2) is 5.90. The molecule has 1 aliphatic rings. The molecular formula is C14H17NO6. The van der Waals surface area contributed by atoms with Gasteiger partial charge in [-0.15, -0.1) is 0 Å². The Balaban J connectivity index is 2.24. The lowest BCUT2D eigenvalue weighted by Crippen LogP contribution is -2.53. The van der Waals surface area contributed by atoms with E-state index in [2.05, 4.69) is 0 Å². The molecule has 1 N–H and O–H groups in total. The minimum atomic E-state index is -0.885. The van der Waals surface area contributed by atoms with Crippen LogP contribution in [0.3, 0.4) is 0 Å². The number of nitrogens with zero attached hydrogens (tertiary/aromatic N) is 1. The molecule has 1 heterocycles. The number of carboxylic acids is 1. The molecule has 1 saturated heterocycles. The number of aliphatic carboxylic acids is 1. The largest absolute Gasteiger partial charge is 0.493 e. The zero-order chi connectivity index (χ0) is 15.6. The van der Waals surface area contributed by atoms with Crippen LogP contribution in [-0.2, 0) is 4.79 Å². The van der Waals surface area contributed by atoms with E-state index in [9.17, 15) is 9.59 Å². The Kier molecular flexibility index (Phi) is 4.21. The third-order valence-electron chi connectivity index (χ3n) is 3.43. The second-order valence-corrected chi connectivity index (χ2v) is 4.66. The van der Waals surface area contributed by atoms with Gasteiger partial charge in [0.05, 0.1) is 27.2 Å². The van der Waals surface area contributed by atoms with Crippen LogP contribution in [0.25, 0.3) is 0 Å². The summed E-state index contributed by atoms with van der Waals surface area (Å²) in [7, 11) is 4.42. The lowest BCUT2D eigenvalue weighted by molar-refractivity contribution is -0.146. The maximum Gasteiger partial charge on any atom is 0.310 e. The van der Waals surface area contributed by atoms with Gasteiger partial charge < -0.3 is 24.2 Å². The molecule has 0 aliphatic carbocycles. The quantitative estimate of drug-likeness (QED) is 0.867. The number of likely N-dealkylation sites (tertiary alicyclic amines) is 1. The van der Waals surface area contributed by atoms with Crippen LogP contribution in [0.1, 0.15) is 10.4 Å². The SMILES string of the molecule is COc1cc(C(=O)N2CC(C(=O)O)C2)cc(OC)c1OC. The van der Waals surface area contributed by atoms with Crippen molar-refractivity contribution >= 4 is 11.9 Å². The van der Waals surface area contributed by atoms with Crippen molar-refractivity contribution in [1.82, 2.24) is 4.90 Å². The van der Waals surface area contributed by atoms with Crippen molar-refractivity contribution in [2.24, 2.45) is 5.92 Å². The highest BCUT2D eigenvalue weighted by Gasteiger charge is 2.36. The minimum absolute atomic E-state index is 0.213. The van der Waals surface area contributed by atoms with Crippen molar-refractivity contribution in [1.29, 1.82) is 0 Å². The average Bonchev–Trinajstić information content (AvgIpc) is 2.43. The second-order valence-electron chi connectivity index (χ2n) is 4.66. The molecule has 7 nitrogen and oxygen atoms in total. The Morgan fingerprint density at radius 1 is 1.10 bits per heavy atom. The topological polar surface area (TPSA) is 85.3 Å². The van der Waals surface area contributed by atoms with Gasteiger partial charge in [-0.2, -0.15) is 0 Å². The number of carbonyl (C=O) groups excluding carboxylic acids is 1. The third-order valence-corrected chi connectivity index (χ3v) is 3.43. The number of carboxylic acid groups (broad SMARTS) is 1. The number of hydrogen-bond acceptors (Lipinski definition) is 5. The average molecular weight is 295 g/mol. The number of rotatable bonds is 5. The van der Waals surface area contributed by atoms with Crippen molar-refractivity contribution < 1.29 is 28.9 Å². The summed E-state index contributed by atoms with van der Waals surface area (Å²) in [6, 6.07) is 3.11. The van der Waals surface area contributed by atoms with Gasteiger partial charge in [-0.05, 0) is 12.1 Å². The number of ether oxygens (including phenoxy) is 3. The molecule has 21 heavy (non-hydrogen) atoms. The predicted molar refractivity (Wildman–Crippen MR) is 73.1 cm³/mol. The van der Waals surface area contributed by atoms with Gasteiger partial charge in [0.1, 0.15) is 0 Å². The highest BCUT2D eigenvalue weighted by Crippen LogP contribution is 2.38. The van der Waals surface area contributed by atoms with Crippen molar-refractivity contribution in [3.63, 3.8) is 0 Å². The summed E-state index contributed by atoms with van der Waals surface area (Å²) >= 11 is 0. The molecular weight excluding hydrogens is 278 g/mol. The van der Waals surface area contributed by atoms with Gasteiger partial charge in [0.2, 0.25) is 5.75 Å². The van der Waals surface area contributed by atoms with E-state index >= 15 is 0 Å². The molecule has 1 aliphatic heterocycles. The lowest BCUT2D eigenvalue weighted by atomic mass is 9.99. The number of carbonyl (C=O) groups is 2. The van der Waals surface area contributed by atoms with E-state index in [0.717, 1.165) is 0 Å². The molecule has 1 aromatic rings. The summed E-state index contributed by atoms with van der Waals surface area (Å²) in [5.74, 6) is -0.457. The summed E-state index contributed by atoms with van der Waals surface area (Å²) in [5.41, 5.74) is 0.369. The van der Waals surface area contributed by atoms with Crippen LogP contribution < -0.4 is 14.2 Å². The standard InChI is InChI=1S/C14H17NO6/c1-19-10-4-8(5-11(20-2)12(10)21-3)13(16)15-6-9(7-15)14(17)18/h4-5,9H,6-7H2,1-3H3,(H,17,18). The minimum Gasteiger partial charge on any atom is -0.493 e. The molecule has 0 spiro atoms. The van der Waals surface area contributed by atoms with Gasteiger partial charge >= 0.3 is 5.97 Å². The Labute approximate surface area is 122 Å². The van der Waals surface area contributed by atoms with Crippen molar-refractivity contribution in [3.8, 4) is 17.2 Å². The highest BCUT2D eigenvalue weighted by molar-refractivity contribution is 5.97. The van der Waals surface area contributed by atoms with Crippen molar-refractivity contribution in [2.75, 3.05) is 34.4 Å². The van der Waals surface area contributed by atoms with E-state index < -0.39 is 11.9 Å². The van der Waals surface area contributed by atoms with Gasteiger partial charge in [0, 0.05) is 18.7 Å². The fourth-order valence-electron chi connectivity index (χ4n) is 2.19. The zero-order valence-electron chi connectivity index (χ0n) is 12.1. The van der Waals surface area contributed by atoms with Gasteiger partial charge in [0.25, 0.3) is 5.91 Å². The fraction of sp³-hybridized carbons (Fsp3) is 0.429. The van der Waals surface area contributed by atoms with Crippen LogP contribution >= 0.6 is 0 Å². The molecule has 0 aromatic heterocycles. The van der Waals surface area contributed by atoms with E-state index in [-0.39, 0.29) is 19.0 Å². The monoisotopic (exact) mass is 295 g/mol. The molecule has 1 fully saturated rings. The van der Waals surface area contributed by atoms with Gasteiger partial charge in [0.15, 0.2) is 11.5 Å².